The van der Waals surface area contributed by atoms with Gasteiger partial charge < -0.3 is 10.1 Å². The predicted octanol–water partition coefficient (Wildman–Crippen LogP) is 1.70. The number of hydrogen-bond acceptors (Lipinski definition) is 5. The van der Waals surface area contributed by atoms with E-state index in [-0.39, 0.29) is 24.1 Å². The average Bonchev–Trinajstić information content (AvgIpc) is 2.60. The third-order valence-electron chi connectivity index (χ3n) is 3.93. The van der Waals surface area contributed by atoms with Crippen LogP contribution in [0.15, 0.2) is 30.3 Å². The van der Waals surface area contributed by atoms with Gasteiger partial charge in [0.05, 0.1) is 31.6 Å². The van der Waals surface area contributed by atoms with Crippen LogP contribution in [0.1, 0.15) is 26.3 Å². The number of Topliss-reactive ketones (excluding diaryl/α,β-unsaturated/α-hetero) is 1. The van der Waals surface area contributed by atoms with Crippen LogP contribution in [0, 0.1) is 5.41 Å². The molecule has 0 saturated heterocycles. The van der Waals surface area contributed by atoms with Crippen LogP contribution in [0.25, 0.3) is 0 Å². The SMILES string of the molecule is COC(=O)CN[C@H](C(=O)N[C@@H](Cc1ccccc1)C(=O)CCl)C(C)(C)C. The number of amides is 1. The van der Waals surface area contributed by atoms with Gasteiger partial charge in [-0.05, 0) is 17.4 Å². The fourth-order valence-electron chi connectivity index (χ4n) is 2.49. The zero-order valence-electron chi connectivity index (χ0n) is 15.7. The molecule has 0 aliphatic rings. The number of ether oxygens (including phenoxy) is 1. The third kappa shape index (κ3) is 7.14. The first kappa shape index (κ1) is 22.1. The van der Waals surface area contributed by atoms with E-state index in [1.165, 1.54) is 7.11 Å². The Morgan fingerprint density at radius 3 is 2.27 bits per heavy atom. The van der Waals surface area contributed by atoms with E-state index in [1.54, 1.807) is 0 Å². The highest BCUT2D eigenvalue weighted by Gasteiger charge is 2.33. The Balaban J connectivity index is 2.89. The van der Waals surface area contributed by atoms with E-state index in [1.807, 2.05) is 51.1 Å². The molecule has 1 rings (SSSR count). The number of hydrogen-bond donors (Lipinski definition) is 2. The normalized spacial score (nSPS) is 13.6. The van der Waals surface area contributed by atoms with Crippen molar-refractivity contribution in [1.29, 1.82) is 0 Å². The summed E-state index contributed by atoms with van der Waals surface area (Å²) in [5.41, 5.74) is 0.450. The second kappa shape index (κ2) is 10.3. The Hall–Kier alpha value is -1.92. The van der Waals surface area contributed by atoms with Crippen molar-refractivity contribution in [3.05, 3.63) is 35.9 Å². The van der Waals surface area contributed by atoms with Gasteiger partial charge in [-0.25, -0.2) is 0 Å². The minimum Gasteiger partial charge on any atom is -0.468 e. The summed E-state index contributed by atoms with van der Waals surface area (Å²) in [6.07, 6.45) is 0.353. The van der Waals surface area contributed by atoms with Gasteiger partial charge in [0.2, 0.25) is 5.91 Å². The smallest absolute Gasteiger partial charge is 0.319 e. The van der Waals surface area contributed by atoms with Gasteiger partial charge in [-0.15, -0.1) is 11.6 Å². The number of alkyl halides is 1. The maximum absolute atomic E-state index is 12.8. The van der Waals surface area contributed by atoms with Gasteiger partial charge in [0, 0.05) is 0 Å². The van der Waals surface area contributed by atoms with Crippen molar-refractivity contribution in [2.75, 3.05) is 19.5 Å². The lowest BCUT2D eigenvalue weighted by atomic mass is 9.85. The minimum atomic E-state index is -0.729. The number of methoxy groups -OCH3 is 1. The Kier molecular flexibility index (Phi) is 8.75. The quantitative estimate of drug-likeness (QED) is 0.501. The number of benzene rings is 1. The molecule has 0 unspecified atom stereocenters. The Bertz CT molecular complexity index is 614. The third-order valence-corrected chi connectivity index (χ3v) is 4.19. The largest absolute Gasteiger partial charge is 0.468 e. The lowest BCUT2D eigenvalue weighted by molar-refractivity contribution is -0.140. The van der Waals surface area contributed by atoms with Gasteiger partial charge in [-0.3, -0.25) is 19.7 Å². The highest BCUT2D eigenvalue weighted by Crippen LogP contribution is 2.20. The van der Waals surface area contributed by atoms with Gasteiger partial charge >= 0.3 is 5.97 Å². The van der Waals surface area contributed by atoms with E-state index < -0.39 is 23.5 Å². The topological polar surface area (TPSA) is 84.5 Å². The zero-order valence-corrected chi connectivity index (χ0v) is 16.4. The number of halogens is 1. The second-order valence-electron chi connectivity index (χ2n) is 7.11. The summed E-state index contributed by atoms with van der Waals surface area (Å²) >= 11 is 5.71. The monoisotopic (exact) mass is 382 g/mol. The number of rotatable bonds is 9. The van der Waals surface area contributed by atoms with E-state index in [0.717, 1.165) is 5.56 Å². The first-order valence-corrected chi connectivity index (χ1v) is 8.95. The summed E-state index contributed by atoms with van der Waals surface area (Å²) in [5.74, 6) is -1.27. The molecule has 1 amide bonds. The molecule has 0 aromatic heterocycles. The molecular formula is C19H27ClN2O4. The van der Waals surface area contributed by atoms with Crippen LogP contribution in [0.4, 0.5) is 0 Å². The van der Waals surface area contributed by atoms with Crippen LogP contribution < -0.4 is 10.6 Å². The molecule has 6 nitrogen and oxygen atoms in total. The standard InChI is InChI=1S/C19H27ClN2O4/c1-19(2,3)17(21-12-16(24)26-4)18(25)22-14(15(23)11-20)10-13-8-6-5-7-9-13/h5-9,14,17,21H,10-12H2,1-4H3,(H,22,25)/t14-,17+/m0/s1. The lowest BCUT2D eigenvalue weighted by Crippen LogP contribution is -2.56. The minimum absolute atomic E-state index is 0.0986. The van der Waals surface area contributed by atoms with Gasteiger partial charge in [-0.1, -0.05) is 51.1 Å². The molecule has 0 fully saturated rings. The molecule has 7 heteroatoms. The van der Waals surface area contributed by atoms with Crippen molar-refractivity contribution in [2.45, 2.75) is 39.3 Å². The molecule has 0 aliphatic heterocycles. The second-order valence-corrected chi connectivity index (χ2v) is 7.37. The lowest BCUT2D eigenvalue weighted by Gasteiger charge is -2.31. The first-order valence-electron chi connectivity index (χ1n) is 8.42. The number of carbonyl (C=O) groups excluding carboxylic acids is 3. The van der Waals surface area contributed by atoms with Crippen molar-refractivity contribution < 1.29 is 19.1 Å². The first-order chi connectivity index (χ1) is 12.2. The number of esters is 1. The molecule has 0 bridgehead atoms. The van der Waals surface area contributed by atoms with Crippen molar-refractivity contribution >= 4 is 29.3 Å². The summed E-state index contributed by atoms with van der Waals surface area (Å²) in [4.78, 5) is 36.4. The van der Waals surface area contributed by atoms with E-state index >= 15 is 0 Å². The van der Waals surface area contributed by atoms with Crippen LogP contribution in [-0.2, 0) is 25.5 Å². The van der Waals surface area contributed by atoms with Gasteiger partial charge in [-0.2, -0.15) is 0 Å². The highest BCUT2D eigenvalue weighted by molar-refractivity contribution is 6.28. The molecule has 0 radical (unpaired) electrons. The number of nitrogens with one attached hydrogen (secondary N) is 2. The van der Waals surface area contributed by atoms with Crippen molar-refractivity contribution in [3.63, 3.8) is 0 Å². The maximum atomic E-state index is 12.8. The molecule has 1 aromatic carbocycles. The molecule has 0 saturated carbocycles. The average molecular weight is 383 g/mol. The summed E-state index contributed by atoms with van der Waals surface area (Å²) in [5, 5.41) is 5.68. The molecule has 1 aromatic rings. The van der Waals surface area contributed by atoms with Crippen LogP contribution in [0.3, 0.4) is 0 Å². The molecule has 144 valence electrons. The van der Waals surface area contributed by atoms with Crippen LogP contribution in [0.5, 0.6) is 0 Å². The van der Waals surface area contributed by atoms with E-state index in [2.05, 4.69) is 15.4 Å². The number of ketones is 1. The van der Waals surface area contributed by atoms with Gasteiger partial charge in [0.1, 0.15) is 0 Å². The number of carbonyl (C=O) groups is 3. The molecule has 2 atom stereocenters. The van der Waals surface area contributed by atoms with Gasteiger partial charge in [0.15, 0.2) is 5.78 Å². The summed E-state index contributed by atoms with van der Waals surface area (Å²) in [7, 11) is 1.28. The van der Waals surface area contributed by atoms with Gasteiger partial charge in [0.25, 0.3) is 0 Å². The molecule has 0 heterocycles. The Morgan fingerprint density at radius 2 is 1.77 bits per heavy atom. The van der Waals surface area contributed by atoms with E-state index in [4.69, 9.17) is 11.6 Å². The summed E-state index contributed by atoms with van der Waals surface area (Å²) in [6, 6.07) is 7.99. The Labute approximate surface area is 159 Å². The fourth-order valence-corrected chi connectivity index (χ4v) is 2.68. The van der Waals surface area contributed by atoms with Crippen molar-refractivity contribution in [1.82, 2.24) is 10.6 Å². The molecule has 0 spiro atoms. The van der Waals surface area contributed by atoms with E-state index in [0.29, 0.717) is 6.42 Å². The van der Waals surface area contributed by atoms with E-state index in [9.17, 15) is 14.4 Å². The van der Waals surface area contributed by atoms with Crippen LogP contribution >= 0.6 is 11.6 Å². The Morgan fingerprint density at radius 1 is 1.15 bits per heavy atom. The molecular weight excluding hydrogens is 356 g/mol. The van der Waals surface area contributed by atoms with Crippen molar-refractivity contribution in [3.8, 4) is 0 Å². The predicted molar refractivity (Wildman–Crippen MR) is 101 cm³/mol. The zero-order chi connectivity index (χ0) is 19.7. The molecule has 2 N–H and O–H groups in total. The van der Waals surface area contributed by atoms with Crippen LogP contribution in [0.2, 0.25) is 0 Å². The highest BCUT2D eigenvalue weighted by atomic mass is 35.5. The van der Waals surface area contributed by atoms with Crippen molar-refractivity contribution in [2.24, 2.45) is 5.41 Å². The van der Waals surface area contributed by atoms with Crippen LogP contribution in [-0.4, -0.2) is 49.3 Å². The summed E-state index contributed by atoms with van der Waals surface area (Å²) in [6.45, 7) is 5.52. The maximum Gasteiger partial charge on any atom is 0.319 e. The summed E-state index contributed by atoms with van der Waals surface area (Å²) < 4.78 is 4.60. The molecule has 26 heavy (non-hydrogen) atoms. The molecule has 0 aliphatic carbocycles. The fraction of sp³-hybridized carbons (Fsp3) is 0.526.